The fourth-order valence-corrected chi connectivity index (χ4v) is 1.99. The maximum atomic E-state index is 4.34. The van der Waals surface area contributed by atoms with E-state index in [4.69, 9.17) is 0 Å². The molecule has 1 aliphatic carbocycles. The second-order valence-corrected chi connectivity index (χ2v) is 4.78. The molecule has 1 aromatic rings. The number of nitrogens with one attached hydrogen (secondary N) is 1. The SMILES string of the molecule is CC(C)n1cc(CNC2CC=CCC2)cn1. The molecule has 1 unspecified atom stereocenters. The van der Waals surface area contributed by atoms with Crippen LogP contribution in [-0.2, 0) is 6.54 Å². The van der Waals surface area contributed by atoms with E-state index in [1.807, 2.05) is 10.9 Å². The van der Waals surface area contributed by atoms with Gasteiger partial charge in [-0.25, -0.2) is 0 Å². The van der Waals surface area contributed by atoms with E-state index >= 15 is 0 Å². The molecule has 1 atom stereocenters. The maximum Gasteiger partial charge on any atom is 0.0534 e. The lowest BCUT2D eigenvalue weighted by Gasteiger charge is -2.18. The van der Waals surface area contributed by atoms with Crippen molar-refractivity contribution in [2.24, 2.45) is 0 Å². The summed E-state index contributed by atoms with van der Waals surface area (Å²) in [5.41, 5.74) is 1.28. The van der Waals surface area contributed by atoms with Gasteiger partial charge in [0.2, 0.25) is 0 Å². The van der Waals surface area contributed by atoms with Gasteiger partial charge < -0.3 is 5.32 Å². The van der Waals surface area contributed by atoms with Crippen LogP contribution in [0.15, 0.2) is 24.5 Å². The summed E-state index contributed by atoms with van der Waals surface area (Å²) in [6.07, 6.45) is 12.3. The Balaban J connectivity index is 1.82. The molecule has 3 nitrogen and oxygen atoms in total. The van der Waals surface area contributed by atoms with Crippen molar-refractivity contribution in [2.45, 2.75) is 51.7 Å². The lowest BCUT2D eigenvalue weighted by molar-refractivity contribution is 0.473. The van der Waals surface area contributed by atoms with E-state index < -0.39 is 0 Å². The summed E-state index contributed by atoms with van der Waals surface area (Å²) in [7, 11) is 0. The van der Waals surface area contributed by atoms with Gasteiger partial charge in [0.15, 0.2) is 0 Å². The number of aromatic nitrogens is 2. The standard InChI is InChI=1S/C13H21N3/c1-11(2)16-10-12(9-15-16)8-14-13-6-4-3-5-7-13/h3-4,9-11,13-14H,5-8H2,1-2H3. The molecular formula is C13H21N3. The Morgan fingerprint density at radius 3 is 3.00 bits per heavy atom. The Hall–Kier alpha value is -1.09. The van der Waals surface area contributed by atoms with Crippen LogP contribution in [0.2, 0.25) is 0 Å². The van der Waals surface area contributed by atoms with Crippen molar-refractivity contribution in [3.8, 4) is 0 Å². The topological polar surface area (TPSA) is 29.9 Å². The third-order valence-electron chi connectivity index (χ3n) is 3.05. The lowest BCUT2D eigenvalue weighted by atomic mass is 10.0. The first-order valence-electron chi connectivity index (χ1n) is 6.17. The summed E-state index contributed by atoms with van der Waals surface area (Å²) < 4.78 is 2.01. The van der Waals surface area contributed by atoms with Gasteiger partial charge in [-0.15, -0.1) is 0 Å². The molecule has 2 rings (SSSR count). The monoisotopic (exact) mass is 219 g/mol. The summed E-state index contributed by atoms with van der Waals surface area (Å²) in [5.74, 6) is 0. The molecule has 1 heterocycles. The Bertz CT molecular complexity index is 352. The average Bonchev–Trinajstić information content (AvgIpc) is 2.76. The van der Waals surface area contributed by atoms with Crippen LogP contribution < -0.4 is 5.32 Å². The summed E-state index contributed by atoms with van der Waals surface area (Å²) in [6.45, 7) is 5.23. The van der Waals surface area contributed by atoms with E-state index in [1.165, 1.54) is 18.4 Å². The fourth-order valence-electron chi connectivity index (χ4n) is 1.99. The highest BCUT2D eigenvalue weighted by Gasteiger charge is 2.09. The molecule has 88 valence electrons. The molecule has 3 heteroatoms. The summed E-state index contributed by atoms with van der Waals surface area (Å²) in [6, 6.07) is 1.10. The summed E-state index contributed by atoms with van der Waals surface area (Å²) in [5, 5.41) is 7.93. The first-order chi connectivity index (χ1) is 7.75. The van der Waals surface area contributed by atoms with Gasteiger partial charge in [-0.2, -0.15) is 5.10 Å². The second-order valence-electron chi connectivity index (χ2n) is 4.78. The summed E-state index contributed by atoms with van der Waals surface area (Å²) in [4.78, 5) is 0. The number of nitrogens with zero attached hydrogens (tertiary/aromatic N) is 2. The van der Waals surface area contributed by atoms with Gasteiger partial charge in [0.05, 0.1) is 6.20 Å². The van der Waals surface area contributed by atoms with E-state index in [-0.39, 0.29) is 0 Å². The van der Waals surface area contributed by atoms with E-state index in [1.54, 1.807) is 0 Å². The number of allylic oxidation sites excluding steroid dienone is 1. The highest BCUT2D eigenvalue weighted by molar-refractivity contribution is 5.04. The van der Waals surface area contributed by atoms with E-state index in [2.05, 4.69) is 42.6 Å². The predicted molar refractivity (Wildman–Crippen MR) is 66.2 cm³/mol. The first-order valence-corrected chi connectivity index (χ1v) is 6.17. The summed E-state index contributed by atoms with van der Waals surface area (Å²) >= 11 is 0. The van der Waals surface area contributed by atoms with Crippen molar-refractivity contribution in [1.82, 2.24) is 15.1 Å². The lowest BCUT2D eigenvalue weighted by Crippen LogP contribution is -2.28. The van der Waals surface area contributed by atoms with E-state index in [9.17, 15) is 0 Å². The van der Waals surface area contributed by atoms with Crippen molar-refractivity contribution in [3.63, 3.8) is 0 Å². The number of rotatable bonds is 4. The molecule has 0 spiro atoms. The van der Waals surface area contributed by atoms with Crippen molar-refractivity contribution in [1.29, 1.82) is 0 Å². The quantitative estimate of drug-likeness (QED) is 0.789. The van der Waals surface area contributed by atoms with Crippen LogP contribution in [0.25, 0.3) is 0 Å². The molecule has 0 amide bonds. The molecule has 0 saturated heterocycles. The Kier molecular flexibility index (Phi) is 3.78. The molecule has 0 aliphatic heterocycles. The molecule has 0 bridgehead atoms. The van der Waals surface area contributed by atoms with Gasteiger partial charge in [0.1, 0.15) is 0 Å². The van der Waals surface area contributed by atoms with Crippen LogP contribution in [0.1, 0.15) is 44.7 Å². The minimum absolute atomic E-state index is 0.450. The van der Waals surface area contributed by atoms with Crippen LogP contribution in [-0.4, -0.2) is 15.8 Å². The molecule has 0 saturated carbocycles. The highest BCUT2D eigenvalue weighted by atomic mass is 15.3. The molecule has 1 aliphatic rings. The molecule has 1 aromatic heterocycles. The van der Waals surface area contributed by atoms with Crippen molar-refractivity contribution in [2.75, 3.05) is 0 Å². The molecule has 0 fully saturated rings. The largest absolute Gasteiger partial charge is 0.309 e. The Morgan fingerprint density at radius 2 is 2.38 bits per heavy atom. The van der Waals surface area contributed by atoms with Crippen molar-refractivity contribution >= 4 is 0 Å². The fraction of sp³-hybridized carbons (Fsp3) is 0.615. The highest BCUT2D eigenvalue weighted by Crippen LogP contribution is 2.11. The molecular weight excluding hydrogens is 198 g/mol. The minimum atomic E-state index is 0.450. The van der Waals surface area contributed by atoms with Crippen LogP contribution in [0.4, 0.5) is 0 Å². The number of hydrogen-bond acceptors (Lipinski definition) is 2. The zero-order valence-electron chi connectivity index (χ0n) is 10.2. The third kappa shape index (κ3) is 2.95. The molecule has 1 N–H and O–H groups in total. The molecule has 16 heavy (non-hydrogen) atoms. The number of hydrogen-bond donors (Lipinski definition) is 1. The van der Waals surface area contributed by atoms with Gasteiger partial charge in [0.25, 0.3) is 0 Å². The van der Waals surface area contributed by atoms with Crippen molar-refractivity contribution < 1.29 is 0 Å². The van der Waals surface area contributed by atoms with Gasteiger partial charge in [0, 0.05) is 30.4 Å². The van der Waals surface area contributed by atoms with Crippen LogP contribution in [0.3, 0.4) is 0 Å². The Labute approximate surface area is 97.5 Å². The van der Waals surface area contributed by atoms with Crippen LogP contribution in [0, 0.1) is 0 Å². The van der Waals surface area contributed by atoms with E-state index in [0.29, 0.717) is 12.1 Å². The van der Waals surface area contributed by atoms with Gasteiger partial charge in [-0.05, 0) is 33.1 Å². The van der Waals surface area contributed by atoms with Crippen LogP contribution in [0.5, 0.6) is 0 Å². The zero-order valence-corrected chi connectivity index (χ0v) is 10.2. The van der Waals surface area contributed by atoms with Gasteiger partial charge >= 0.3 is 0 Å². The smallest absolute Gasteiger partial charge is 0.0534 e. The van der Waals surface area contributed by atoms with Crippen molar-refractivity contribution in [3.05, 3.63) is 30.1 Å². The molecule has 0 radical (unpaired) electrons. The van der Waals surface area contributed by atoms with Crippen LogP contribution >= 0.6 is 0 Å². The zero-order chi connectivity index (χ0) is 11.4. The normalized spacial score (nSPS) is 20.6. The van der Waals surface area contributed by atoms with Gasteiger partial charge in [-0.1, -0.05) is 12.2 Å². The second kappa shape index (κ2) is 5.30. The third-order valence-corrected chi connectivity index (χ3v) is 3.05. The van der Waals surface area contributed by atoms with E-state index in [0.717, 1.165) is 13.0 Å². The predicted octanol–water partition coefficient (Wildman–Crippen LogP) is 2.66. The Morgan fingerprint density at radius 1 is 1.50 bits per heavy atom. The minimum Gasteiger partial charge on any atom is -0.309 e. The average molecular weight is 219 g/mol. The maximum absolute atomic E-state index is 4.34. The van der Waals surface area contributed by atoms with Gasteiger partial charge in [-0.3, -0.25) is 4.68 Å². The molecule has 0 aromatic carbocycles. The first kappa shape index (κ1) is 11.4.